The molecule has 3 heteroatoms. The first-order valence-electron chi connectivity index (χ1n) is 3.85. The van der Waals surface area contributed by atoms with E-state index in [1.165, 1.54) is 0 Å². The SMILES string of the molecule is N[C@H]1C2CCC(O2)[C@@H]1CO. The molecule has 0 radical (unpaired) electrons. The molecule has 2 rings (SSSR count). The van der Waals surface area contributed by atoms with E-state index in [-0.39, 0.29) is 30.8 Å². The Morgan fingerprint density at radius 2 is 2.10 bits per heavy atom. The molecule has 4 atom stereocenters. The van der Waals surface area contributed by atoms with Gasteiger partial charge in [-0.3, -0.25) is 0 Å². The molecule has 0 saturated carbocycles. The van der Waals surface area contributed by atoms with Crippen LogP contribution in [-0.4, -0.2) is 30.0 Å². The Kier molecular flexibility index (Phi) is 1.44. The molecule has 2 fully saturated rings. The summed E-state index contributed by atoms with van der Waals surface area (Å²) >= 11 is 0. The van der Waals surface area contributed by atoms with E-state index >= 15 is 0 Å². The van der Waals surface area contributed by atoms with Crippen molar-refractivity contribution in [2.75, 3.05) is 6.61 Å². The van der Waals surface area contributed by atoms with Gasteiger partial charge >= 0.3 is 0 Å². The second kappa shape index (κ2) is 2.19. The van der Waals surface area contributed by atoms with Crippen LogP contribution in [0.1, 0.15) is 12.8 Å². The van der Waals surface area contributed by atoms with Crippen LogP contribution in [0.25, 0.3) is 0 Å². The molecule has 0 spiro atoms. The molecule has 2 saturated heterocycles. The van der Waals surface area contributed by atoms with Crippen molar-refractivity contribution in [1.29, 1.82) is 0 Å². The van der Waals surface area contributed by atoms with Crippen molar-refractivity contribution < 1.29 is 9.84 Å². The van der Waals surface area contributed by atoms with Crippen molar-refractivity contribution in [2.24, 2.45) is 11.7 Å². The van der Waals surface area contributed by atoms with E-state index in [2.05, 4.69) is 0 Å². The van der Waals surface area contributed by atoms with Crippen LogP contribution < -0.4 is 5.73 Å². The molecular formula is C7H13NO2. The highest BCUT2D eigenvalue weighted by Gasteiger charge is 2.46. The van der Waals surface area contributed by atoms with E-state index in [1.54, 1.807) is 0 Å². The molecule has 0 aromatic heterocycles. The van der Waals surface area contributed by atoms with Gasteiger partial charge in [0.05, 0.1) is 12.2 Å². The lowest BCUT2D eigenvalue weighted by Gasteiger charge is -2.21. The lowest BCUT2D eigenvalue weighted by atomic mass is 9.86. The van der Waals surface area contributed by atoms with Gasteiger partial charge in [0.25, 0.3) is 0 Å². The third kappa shape index (κ3) is 0.713. The van der Waals surface area contributed by atoms with Crippen LogP contribution in [0, 0.1) is 5.92 Å². The molecule has 0 aromatic carbocycles. The smallest absolute Gasteiger partial charge is 0.0735 e. The Morgan fingerprint density at radius 3 is 2.50 bits per heavy atom. The van der Waals surface area contributed by atoms with Gasteiger partial charge in [-0.1, -0.05) is 0 Å². The lowest BCUT2D eigenvalue weighted by molar-refractivity contribution is 0.0793. The zero-order valence-electron chi connectivity index (χ0n) is 5.86. The molecule has 3 N–H and O–H groups in total. The number of rotatable bonds is 1. The summed E-state index contributed by atoms with van der Waals surface area (Å²) in [4.78, 5) is 0. The quantitative estimate of drug-likeness (QED) is 0.519. The van der Waals surface area contributed by atoms with Gasteiger partial charge in [-0.15, -0.1) is 0 Å². The van der Waals surface area contributed by atoms with E-state index in [0.717, 1.165) is 12.8 Å². The van der Waals surface area contributed by atoms with E-state index in [1.807, 2.05) is 0 Å². The molecule has 2 heterocycles. The predicted octanol–water partition coefficient (Wildman–Crippen LogP) is -0.517. The summed E-state index contributed by atoms with van der Waals surface area (Å²) < 4.78 is 5.50. The molecule has 0 amide bonds. The number of hydrogen-bond donors (Lipinski definition) is 2. The van der Waals surface area contributed by atoms with Crippen LogP contribution in [0.4, 0.5) is 0 Å². The number of aliphatic hydroxyl groups is 1. The van der Waals surface area contributed by atoms with E-state index in [4.69, 9.17) is 15.6 Å². The maximum absolute atomic E-state index is 8.90. The first kappa shape index (κ1) is 6.58. The Labute approximate surface area is 60.2 Å². The fourth-order valence-corrected chi connectivity index (χ4v) is 2.05. The summed E-state index contributed by atoms with van der Waals surface area (Å²) in [5, 5.41) is 8.90. The standard InChI is InChI=1S/C7H13NO2/c8-7-4(3-9)5-1-2-6(7)10-5/h4-7,9H,1-3,8H2/t4-,5?,6?,7+/m0/s1. The topological polar surface area (TPSA) is 55.5 Å². The predicted molar refractivity (Wildman–Crippen MR) is 36.4 cm³/mol. The Morgan fingerprint density at radius 1 is 1.40 bits per heavy atom. The van der Waals surface area contributed by atoms with Gasteiger partial charge in [-0.25, -0.2) is 0 Å². The number of fused-ring (bicyclic) bond motifs is 2. The Bertz CT molecular complexity index is 138. The fourth-order valence-electron chi connectivity index (χ4n) is 2.05. The molecule has 0 aliphatic carbocycles. The van der Waals surface area contributed by atoms with Gasteiger partial charge in [0.2, 0.25) is 0 Å². The second-order valence-electron chi connectivity index (χ2n) is 3.21. The summed E-state index contributed by atoms with van der Waals surface area (Å²) in [6, 6.07) is 0.0868. The van der Waals surface area contributed by atoms with Gasteiger partial charge in [-0.05, 0) is 12.8 Å². The van der Waals surface area contributed by atoms with Crippen LogP contribution in [0.2, 0.25) is 0 Å². The fraction of sp³-hybridized carbons (Fsp3) is 1.00. The summed E-state index contributed by atoms with van der Waals surface area (Å²) in [6.45, 7) is 0.183. The summed E-state index contributed by atoms with van der Waals surface area (Å²) in [5.74, 6) is 0.207. The molecule has 10 heavy (non-hydrogen) atoms. The highest BCUT2D eigenvalue weighted by molar-refractivity contribution is 4.98. The first-order chi connectivity index (χ1) is 4.83. The summed E-state index contributed by atoms with van der Waals surface area (Å²) in [6.07, 6.45) is 2.67. The van der Waals surface area contributed by atoms with E-state index < -0.39 is 0 Å². The van der Waals surface area contributed by atoms with Crippen molar-refractivity contribution in [3.63, 3.8) is 0 Å². The molecule has 58 valence electrons. The van der Waals surface area contributed by atoms with Crippen LogP contribution >= 0.6 is 0 Å². The first-order valence-corrected chi connectivity index (χ1v) is 3.85. The summed E-state index contributed by atoms with van der Waals surface area (Å²) in [7, 11) is 0. The zero-order chi connectivity index (χ0) is 7.14. The average Bonchev–Trinajstić information content (AvgIpc) is 2.46. The Balaban J connectivity index is 2.10. The molecule has 0 aromatic rings. The second-order valence-corrected chi connectivity index (χ2v) is 3.21. The van der Waals surface area contributed by atoms with Crippen molar-refractivity contribution >= 4 is 0 Å². The van der Waals surface area contributed by atoms with Crippen LogP contribution in [0.15, 0.2) is 0 Å². The highest BCUT2D eigenvalue weighted by atomic mass is 16.5. The Hall–Kier alpha value is -0.120. The summed E-state index contributed by atoms with van der Waals surface area (Å²) in [5.41, 5.74) is 5.79. The maximum atomic E-state index is 8.90. The van der Waals surface area contributed by atoms with Crippen LogP contribution in [0.5, 0.6) is 0 Å². The monoisotopic (exact) mass is 143 g/mol. The molecular weight excluding hydrogens is 130 g/mol. The third-order valence-electron chi connectivity index (χ3n) is 2.70. The maximum Gasteiger partial charge on any atom is 0.0735 e. The molecule has 2 aliphatic heterocycles. The van der Waals surface area contributed by atoms with E-state index in [0.29, 0.717) is 0 Å². The van der Waals surface area contributed by atoms with Gasteiger partial charge in [0, 0.05) is 18.6 Å². The largest absolute Gasteiger partial charge is 0.396 e. The molecule has 2 bridgehead atoms. The number of nitrogens with two attached hydrogens (primary N) is 1. The highest BCUT2D eigenvalue weighted by Crippen LogP contribution is 2.37. The molecule has 3 nitrogen and oxygen atoms in total. The van der Waals surface area contributed by atoms with Crippen LogP contribution in [0.3, 0.4) is 0 Å². The number of aliphatic hydroxyl groups excluding tert-OH is 1. The normalized spacial score (nSPS) is 52.2. The minimum Gasteiger partial charge on any atom is -0.396 e. The third-order valence-corrected chi connectivity index (χ3v) is 2.70. The van der Waals surface area contributed by atoms with Gasteiger partial charge in [0.1, 0.15) is 0 Å². The van der Waals surface area contributed by atoms with Crippen molar-refractivity contribution in [1.82, 2.24) is 0 Å². The lowest BCUT2D eigenvalue weighted by Crippen LogP contribution is -2.41. The van der Waals surface area contributed by atoms with Crippen LogP contribution in [-0.2, 0) is 4.74 Å². The molecule has 2 aliphatic rings. The number of hydrogen-bond acceptors (Lipinski definition) is 3. The van der Waals surface area contributed by atoms with Gasteiger partial charge in [-0.2, -0.15) is 0 Å². The number of ether oxygens (including phenoxy) is 1. The average molecular weight is 143 g/mol. The van der Waals surface area contributed by atoms with Crippen molar-refractivity contribution in [3.8, 4) is 0 Å². The van der Waals surface area contributed by atoms with Gasteiger partial charge < -0.3 is 15.6 Å². The minimum atomic E-state index is 0.0868. The van der Waals surface area contributed by atoms with Gasteiger partial charge in [0.15, 0.2) is 0 Å². The molecule has 2 unspecified atom stereocenters. The minimum absolute atomic E-state index is 0.0868. The van der Waals surface area contributed by atoms with E-state index in [9.17, 15) is 0 Å². The van der Waals surface area contributed by atoms with Crippen molar-refractivity contribution in [2.45, 2.75) is 31.1 Å². The van der Waals surface area contributed by atoms with Crippen molar-refractivity contribution in [3.05, 3.63) is 0 Å². The zero-order valence-corrected chi connectivity index (χ0v) is 5.86.